The van der Waals surface area contributed by atoms with Crippen molar-refractivity contribution in [1.29, 1.82) is 0 Å². The first-order valence-electron chi connectivity index (χ1n) is 6.80. The van der Waals surface area contributed by atoms with Gasteiger partial charge in [-0.2, -0.15) is 0 Å². The molecule has 0 spiro atoms. The van der Waals surface area contributed by atoms with E-state index in [0.717, 1.165) is 19.4 Å². The number of carbonyl (C=O) groups is 1. The molecule has 16 heavy (non-hydrogen) atoms. The maximum atomic E-state index is 12.0. The standard InChI is InChI=1S/C14H21NO/c1-2-14-8-3-5-11-6-7-12(16)15(13(11)14)10-4-9-14/h2-10H2,1H3. The molecule has 0 saturated carbocycles. The number of hydrogen-bond donors (Lipinski definition) is 0. The fourth-order valence-electron chi connectivity index (χ4n) is 4.07. The summed E-state index contributed by atoms with van der Waals surface area (Å²) < 4.78 is 0. The first-order valence-corrected chi connectivity index (χ1v) is 6.80. The summed E-state index contributed by atoms with van der Waals surface area (Å²) in [4.78, 5) is 14.2. The molecule has 3 aliphatic rings. The van der Waals surface area contributed by atoms with Gasteiger partial charge >= 0.3 is 0 Å². The number of nitrogens with zero attached hydrogens (tertiary/aromatic N) is 1. The van der Waals surface area contributed by atoms with Crippen molar-refractivity contribution in [3.63, 3.8) is 0 Å². The zero-order chi connectivity index (χ0) is 11.2. The fourth-order valence-corrected chi connectivity index (χ4v) is 4.07. The van der Waals surface area contributed by atoms with E-state index >= 15 is 0 Å². The highest BCUT2D eigenvalue weighted by Gasteiger charge is 2.45. The average molecular weight is 219 g/mol. The van der Waals surface area contributed by atoms with Crippen molar-refractivity contribution in [2.24, 2.45) is 5.41 Å². The molecule has 0 bridgehead atoms. The second-order valence-corrected chi connectivity index (χ2v) is 5.59. The van der Waals surface area contributed by atoms with Crippen molar-refractivity contribution < 1.29 is 4.79 Å². The van der Waals surface area contributed by atoms with Crippen molar-refractivity contribution in [1.82, 2.24) is 4.90 Å². The topological polar surface area (TPSA) is 20.3 Å². The molecule has 0 N–H and O–H groups in total. The molecule has 1 atom stereocenters. The monoisotopic (exact) mass is 219 g/mol. The van der Waals surface area contributed by atoms with E-state index in [2.05, 4.69) is 11.8 Å². The van der Waals surface area contributed by atoms with Gasteiger partial charge in [-0.25, -0.2) is 0 Å². The van der Waals surface area contributed by atoms with E-state index in [1.807, 2.05) is 0 Å². The minimum absolute atomic E-state index is 0.377. The Bertz CT molecular complexity index is 358. The van der Waals surface area contributed by atoms with E-state index in [1.54, 1.807) is 5.57 Å². The molecule has 0 aromatic heterocycles. The van der Waals surface area contributed by atoms with E-state index in [9.17, 15) is 4.79 Å². The highest BCUT2D eigenvalue weighted by molar-refractivity contribution is 5.80. The molecule has 1 aliphatic carbocycles. The maximum Gasteiger partial charge on any atom is 0.227 e. The van der Waals surface area contributed by atoms with Crippen LogP contribution in [-0.2, 0) is 4.79 Å². The van der Waals surface area contributed by atoms with Crippen molar-refractivity contribution >= 4 is 5.91 Å². The quantitative estimate of drug-likeness (QED) is 0.663. The van der Waals surface area contributed by atoms with E-state index in [4.69, 9.17) is 0 Å². The smallest absolute Gasteiger partial charge is 0.227 e. The van der Waals surface area contributed by atoms with Crippen molar-refractivity contribution in [3.8, 4) is 0 Å². The van der Waals surface area contributed by atoms with Crippen LogP contribution in [0.3, 0.4) is 0 Å². The molecule has 88 valence electrons. The molecule has 2 heterocycles. The predicted octanol–water partition coefficient (Wildman–Crippen LogP) is 3.24. The summed E-state index contributed by atoms with van der Waals surface area (Å²) in [6, 6.07) is 0. The number of rotatable bonds is 1. The Kier molecular flexibility index (Phi) is 2.34. The van der Waals surface area contributed by atoms with Crippen molar-refractivity contribution in [2.75, 3.05) is 6.54 Å². The van der Waals surface area contributed by atoms with Gasteiger partial charge in [0.15, 0.2) is 0 Å². The van der Waals surface area contributed by atoms with Crippen LogP contribution in [0.1, 0.15) is 58.3 Å². The highest BCUT2D eigenvalue weighted by Crippen LogP contribution is 2.53. The summed E-state index contributed by atoms with van der Waals surface area (Å²) >= 11 is 0. The highest BCUT2D eigenvalue weighted by atomic mass is 16.2. The van der Waals surface area contributed by atoms with E-state index in [1.165, 1.54) is 44.2 Å². The van der Waals surface area contributed by atoms with E-state index in [0.29, 0.717) is 11.3 Å². The second kappa shape index (κ2) is 3.61. The van der Waals surface area contributed by atoms with Crippen LogP contribution in [0.25, 0.3) is 0 Å². The lowest BCUT2D eigenvalue weighted by Crippen LogP contribution is -2.48. The molecule has 2 heteroatoms. The Balaban J connectivity index is 2.09. The lowest BCUT2D eigenvalue weighted by atomic mass is 9.65. The number of hydrogen-bond acceptors (Lipinski definition) is 1. The predicted molar refractivity (Wildman–Crippen MR) is 63.8 cm³/mol. The first kappa shape index (κ1) is 10.4. The van der Waals surface area contributed by atoms with Crippen LogP contribution in [-0.4, -0.2) is 17.4 Å². The van der Waals surface area contributed by atoms with Crippen molar-refractivity contribution in [2.45, 2.75) is 58.3 Å². The van der Waals surface area contributed by atoms with Crippen LogP contribution in [0, 0.1) is 5.41 Å². The van der Waals surface area contributed by atoms with Gasteiger partial charge in [0.25, 0.3) is 0 Å². The molecule has 1 saturated heterocycles. The zero-order valence-electron chi connectivity index (χ0n) is 10.2. The normalized spacial score (nSPS) is 34.1. The van der Waals surface area contributed by atoms with Gasteiger partial charge in [0.1, 0.15) is 0 Å². The molecule has 2 nitrogen and oxygen atoms in total. The third kappa shape index (κ3) is 1.28. The molecular formula is C14H21NO. The van der Waals surface area contributed by atoms with Crippen molar-refractivity contribution in [3.05, 3.63) is 11.3 Å². The minimum Gasteiger partial charge on any atom is -0.316 e. The zero-order valence-corrected chi connectivity index (χ0v) is 10.2. The van der Waals surface area contributed by atoms with Crippen LogP contribution in [0.15, 0.2) is 11.3 Å². The SMILES string of the molecule is CCC12CCCC3=C1N(CCC2)C(=O)CC3. The Morgan fingerprint density at radius 2 is 2.00 bits per heavy atom. The van der Waals surface area contributed by atoms with Gasteiger partial charge in [0, 0.05) is 24.1 Å². The maximum absolute atomic E-state index is 12.0. The van der Waals surface area contributed by atoms with Gasteiger partial charge in [0.2, 0.25) is 5.91 Å². The summed E-state index contributed by atoms with van der Waals surface area (Å²) in [5.74, 6) is 0.387. The van der Waals surface area contributed by atoms with Gasteiger partial charge in [0.05, 0.1) is 0 Å². The Labute approximate surface area is 97.7 Å². The van der Waals surface area contributed by atoms with Crippen LogP contribution in [0.4, 0.5) is 0 Å². The molecular weight excluding hydrogens is 198 g/mol. The minimum atomic E-state index is 0.377. The molecule has 0 aromatic carbocycles. The third-order valence-electron chi connectivity index (χ3n) is 4.90. The Morgan fingerprint density at radius 3 is 2.81 bits per heavy atom. The van der Waals surface area contributed by atoms with E-state index < -0.39 is 0 Å². The molecule has 0 aromatic rings. The van der Waals surface area contributed by atoms with Gasteiger partial charge in [-0.15, -0.1) is 0 Å². The second-order valence-electron chi connectivity index (χ2n) is 5.59. The molecule has 2 aliphatic heterocycles. The molecule has 3 rings (SSSR count). The van der Waals surface area contributed by atoms with E-state index in [-0.39, 0.29) is 0 Å². The molecule has 1 unspecified atom stereocenters. The Morgan fingerprint density at radius 1 is 1.19 bits per heavy atom. The Hall–Kier alpha value is -0.790. The summed E-state index contributed by atoms with van der Waals surface area (Å²) in [6.45, 7) is 3.29. The largest absolute Gasteiger partial charge is 0.316 e. The lowest BCUT2D eigenvalue weighted by Gasteiger charge is -2.50. The summed E-state index contributed by atoms with van der Waals surface area (Å²) in [5, 5.41) is 0. The number of allylic oxidation sites excluding steroid dienone is 2. The third-order valence-corrected chi connectivity index (χ3v) is 4.90. The van der Waals surface area contributed by atoms with Gasteiger partial charge < -0.3 is 4.90 Å². The van der Waals surface area contributed by atoms with Gasteiger partial charge in [-0.3, -0.25) is 4.79 Å². The molecule has 1 amide bonds. The fraction of sp³-hybridized carbons (Fsp3) is 0.786. The van der Waals surface area contributed by atoms with Crippen LogP contribution < -0.4 is 0 Å². The number of amides is 1. The number of piperidine rings is 1. The van der Waals surface area contributed by atoms with Gasteiger partial charge in [-0.1, -0.05) is 6.92 Å². The number of carbonyl (C=O) groups excluding carboxylic acids is 1. The molecule has 1 fully saturated rings. The van der Waals surface area contributed by atoms with Crippen LogP contribution in [0.5, 0.6) is 0 Å². The average Bonchev–Trinajstić information content (AvgIpc) is 2.34. The first-order chi connectivity index (χ1) is 7.77. The van der Waals surface area contributed by atoms with Crippen LogP contribution in [0.2, 0.25) is 0 Å². The summed E-state index contributed by atoms with van der Waals surface area (Å²) in [5.41, 5.74) is 3.47. The summed E-state index contributed by atoms with van der Waals surface area (Å²) in [6.07, 6.45) is 9.45. The summed E-state index contributed by atoms with van der Waals surface area (Å²) in [7, 11) is 0. The lowest BCUT2D eigenvalue weighted by molar-refractivity contribution is -0.133. The molecule has 0 radical (unpaired) electrons. The van der Waals surface area contributed by atoms with Crippen LogP contribution >= 0.6 is 0 Å². The van der Waals surface area contributed by atoms with Gasteiger partial charge in [-0.05, 0) is 50.5 Å².